The van der Waals surface area contributed by atoms with Gasteiger partial charge in [0.2, 0.25) is 0 Å². The van der Waals surface area contributed by atoms with Gasteiger partial charge in [-0.2, -0.15) is 5.10 Å². The van der Waals surface area contributed by atoms with Gasteiger partial charge in [0.05, 0.1) is 45.8 Å². The molecule has 0 unspecified atom stereocenters. The Kier molecular flexibility index (Phi) is 4.98. The van der Waals surface area contributed by atoms with Crippen LogP contribution < -0.4 is 0 Å². The Morgan fingerprint density at radius 1 is 1.36 bits per heavy atom. The van der Waals surface area contributed by atoms with E-state index in [-0.39, 0.29) is 5.82 Å². The topological polar surface area (TPSA) is 162 Å². The summed E-state index contributed by atoms with van der Waals surface area (Å²) < 4.78 is 8.14. The van der Waals surface area contributed by atoms with Crippen molar-refractivity contribution in [1.82, 2.24) is 19.7 Å². The van der Waals surface area contributed by atoms with Crippen LogP contribution in [0.1, 0.15) is 16.9 Å². The summed E-state index contributed by atoms with van der Waals surface area (Å²) in [7, 11) is 0. The molecule has 5 atom stereocenters. The molecule has 1 aliphatic heterocycles. The lowest BCUT2D eigenvalue weighted by atomic mass is 9.93. The Labute approximate surface area is 162 Å². The number of aliphatic hydroxyl groups excluding tert-OH is 3. The predicted molar refractivity (Wildman–Crippen MR) is 98.9 cm³/mol. The number of aromatic nitrogens is 4. The van der Waals surface area contributed by atoms with Crippen molar-refractivity contribution in [1.29, 1.82) is 0 Å². The highest BCUT2D eigenvalue weighted by molar-refractivity contribution is 7.18. The van der Waals surface area contributed by atoms with E-state index in [0.29, 0.717) is 5.69 Å². The number of aliphatic hydroxyl groups is 3. The second-order valence-electron chi connectivity index (χ2n) is 6.37. The van der Waals surface area contributed by atoms with Gasteiger partial charge in [-0.1, -0.05) is 5.11 Å². The van der Waals surface area contributed by atoms with E-state index in [1.54, 1.807) is 11.3 Å². The van der Waals surface area contributed by atoms with E-state index in [2.05, 4.69) is 25.1 Å². The zero-order valence-corrected chi connectivity index (χ0v) is 15.5. The molecular weight excluding hydrogens is 386 g/mol. The number of nitrogens with zero attached hydrogens (tertiary/aromatic N) is 7. The van der Waals surface area contributed by atoms with Crippen molar-refractivity contribution in [2.75, 3.05) is 6.61 Å². The number of benzene rings is 1. The summed E-state index contributed by atoms with van der Waals surface area (Å²) in [4.78, 5) is 11.3. The molecule has 28 heavy (non-hydrogen) atoms. The van der Waals surface area contributed by atoms with Gasteiger partial charge in [-0.05, 0) is 30.7 Å². The summed E-state index contributed by atoms with van der Waals surface area (Å²) in [6.07, 6.45) is -3.50. The van der Waals surface area contributed by atoms with Crippen molar-refractivity contribution in [3.8, 4) is 5.69 Å². The van der Waals surface area contributed by atoms with Crippen LogP contribution in [0.5, 0.6) is 0 Å². The van der Waals surface area contributed by atoms with E-state index in [0.717, 1.165) is 15.2 Å². The Balaban J connectivity index is 1.75. The van der Waals surface area contributed by atoms with Crippen LogP contribution in [0.25, 0.3) is 26.3 Å². The molecular formula is C16H17N7O4S. The van der Waals surface area contributed by atoms with Gasteiger partial charge in [-0.3, -0.25) is 0 Å². The van der Waals surface area contributed by atoms with Gasteiger partial charge >= 0.3 is 0 Å². The molecule has 1 aliphatic rings. The number of aryl methyl sites for hydroxylation is 1. The fourth-order valence-electron chi connectivity index (χ4n) is 3.31. The molecule has 1 fully saturated rings. The monoisotopic (exact) mass is 403 g/mol. The highest BCUT2D eigenvalue weighted by Gasteiger charge is 2.46. The van der Waals surface area contributed by atoms with Crippen molar-refractivity contribution < 1.29 is 20.1 Å². The van der Waals surface area contributed by atoms with Crippen LogP contribution in [0.4, 0.5) is 0 Å². The van der Waals surface area contributed by atoms with Crippen molar-refractivity contribution >= 4 is 21.6 Å². The number of hydrogen-bond donors (Lipinski definition) is 3. The predicted octanol–water partition coefficient (Wildman–Crippen LogP) is 1.02. The van der Waals surface area contributed by atoms with Crippen LogP contribution in [-0.4, -0.2) is 66.0 Å². The standard InChI is InChI=1S/C16H17N7O4S/c1-7-20-9-3-2-8(4-11(9)28-7)23-16(18-6-19-23)15-14(26)12(21-22-17)13(25)10(5-24)27-15/h2-4,6,10,12-15,24-26H,5H2,1H3/t10-,12+,13+,14-,15-/m1/s1. The number of azide groups is 1. The molecule has 0 spiro atoms. The molecule has 0 saturated carbocycles. The molecule has 1 aromatic carbocycles. The molecule has 3 N–H and O–H groups in total. The minimum atomic E-state index is -1.37. The summed E-state index contributed by atoms with van der Waals surface area (Å²) in [5.41, 5.74) is 10.3. The van der Waals surface area contributed by atoms with Gasteiger partial charge in [-0.25, -0.2) is 14.6 Å². The van der Waals surface area contributed by atoms with Crippen LogP contribution in [0.3, 0.4) is 0 Å². The zero-order chi connectivity index (χ0) is 19.8. The van der Waals surface area contributed by atoms with Gasteiger partial charge in [-0.15, -0.1) is 11.3 Å². The van der Waals surface area contributed by atoms with Crippen LogP contribution in [-0.2, 0) is 4.74 Å². The molecule has 0 amide bonds. The van der Waals surface area contributed by atoms with Crippen LogP contribution in [0.2, 0.25) is 0 Å². The maximum Gasteiger partial charge on any atom is 0.163 e. The second-order valence-corrected chi connectivity index (χ2v) is 7.60. The molecule has 146 valence electrons. The molecule has 3 heterocycles. The van der Waals surface area contributed by atoms with Crippen molar-refractivity contribution in [2.24, 2.45) is 5.11 Å². The molecule has 0 radical (unpaired) electrons. The number of ether oxygens (including phenoxy) is 1. The minimum absolute atomic E-state index is 0.261. The summed E-state index contributed by atoms with van der Waals surface area (Å²) in [5, 5.41) is 39.0. The zero-order valence-electron chi connectivity index (χ0n) is 14.7. The Bertz CT molecular complexity index is 1050. The maximum atomic E-state index is 10.6. The smallest absolute Gasteiger partial charge is 0.163 e. The Morgan fingerprint density at radius 3 is 2.93 bits per heavy atom. The lowest BCUT2D eigenvalue weighted by Crippen LogP contribution is -2.54. The fraction of sp³-hybridized carbons (Fsp3) is 0.438. The van der Waals surface area contributed by atoms with Crippen molar-refractivity contribution in [3.63, 3.8) is 0 Å². The second kappa shape index (κ2) is 7.43. The molecule has 11 nitrogen and oxygen atoms in total. The minimum Gasteiger partial charge on any atom is -0.394 e. The third kappa shape index (κ3) is 3.11. The van der Waals surface area contributed by atoms with Gasteiger partial charge in [0, 0.05) is 4.91 Å². The number of thiazole rings is 1. The summed E-state index contributed by atoms with van der Waals surface area (Å²) in [5.74, 6) is 0.261. The third-order valence-electron chi connectivity index (χ3n) is 4.63. The lowest BCUT2D eigenvalue weighted by molar-refractivity contribution is -0.193. The van der Waals surface area contributed by atoms with Crippen LogP contribution in [0.15, 0.2) is 29.6 Å². The molecule has 0 aliphatic carbocycles. The summed E-state index contributed by atoms with van der Waals surface area (Å²) in [6, 6.07) is 4.38. The van der Waals surface area contributed by atoms with Crippen LogP contribution >= 0.6 is 11.3 Å². The van der Waals surface area contributed by atoms with E-state index in [9.17, 15) is 15.3 Å². The Hall–Kier alpha value is -2.60. The lowest BCUT2D eigenvalue weighted by Gasteiger charge is -2.40. The number of rotatable bonds is 4. The normalized spacial score (nSPS) is 27.6. The molecule has 12 heteroatoms. The summed E-state index contributed by atoms with van der Waals surface area (Å²) in [6.45, 7) is 1.41. The van der Waals surface area contributed by atoms with Crippen LogP contribution in [0, 0.1) is 6.92 Å². The van der Waals surface area contributed by atoms with Crippen molar-refractivity contribution in [2.45, 2.75) is 37.4 Å². The number of fused-ring (bicyclic) bond motifs is 1. The van der Waals surface area contributed by atoms with Gasteiger partial charge in [0.1, 0.15) is 18.5 Å². The van der Waals surface area contributed by atoms with E-state index >= 15 is 0 Å². The first-order valence-corrected chi connectivity index (χ1v) is 9.29. The Morgan fingerprint density at radius 2 is 2.18 bits per heavy atom. The third-order valence-corrected chi connectivity index (χ3v) is 5.56. The SMILES string of the molecule is Cc1nc2ccc(-n3ncnc3[C@@H]3O[C@H](CO)[C@H](O)[C@H](N=[N+]=[N-])[C@H]3O)cc2s1. The van der Waals surface area contributed by atoms with Gasteiger partial charge in [0.25, 0.3) is 0 Å². The summed E-state index contributed by atoms with van der Waals surface area (Å²) >= 11 is 1.54. The first-order chi connectivity index (χ1) is 13.5. The molecule has 1 saturated heterocycles. The van der Waals surface area contributed by atoms with Crippen molar-refractivity contribution in [3.05, 3.63) is 45.8 Å². The van der Waals surface area contributed by atoms with Gasteiger partial charge < -0.3 is 20.1 Å². The van der Waals surface area contributed by atoms with E-state index in [1.165, 1.54) is 11.0 Å². The van der Waals surface area contributed by atoms with E-state index < -0.39 is 37.1 Å². The quantitative estimate of drug-likeness (QED) is 0.332. The molecule has 0 bridgehead atoms. The first kappa shape index (κ1) is 18.7. The average molecular weight is 403 g/mol. The molecule has 3 aromatic rings. The molecule has 4 rings (SSSR count). The van der Waals surface area contributed by atoms with E-state index in [1.807, 2.05) is 25.1 Å². The maximum absolute atomic E-state index is 10.6. The highest BCUT2D eigenvalue weighted by Crippen LogP contribution is 2.34. The first-order valence-electron chi connectivity index (χ1n) is 8.47. The fourth-order valence-corrected chi connectivity index (χ4v) is 4.18. The average Bonchev–Trinajstić information content (AvgIpc) is 3.30. The number of hydrogen-bond acceptors (Lipinski definition) is 9. The largest absolute Gasteiger partial charge is 0.394 e. The van der Waals surface area contributed by atoms with E-state index in [4.69, 9.17) is 10.3 Å². The molecule has 2 aromatic heterocycles. The van der Waals surface area contributed by atoms with Gasteiger partial charge in [0.15, 0.2) is 5.82 Å². The highest BCUT2D eigenvalue weighted by atomic mass is 32.1.